The number of hydrogen-bond donors (Lipinski definition) is 3. The fourth-order valence-corrected chi connectivity index (χ4v) is 2.62. The van der Waals surface area contributed by atoms with E-state index in [4.69, 9.17) is 5.73 Å². The number of nitrogens with zero attached hydrogens (tertiary/aromatic N) is 3. The minimum atomic E-state index is -4.51. The van der Waals surface area contributed by atoms with Crippen molar-refractivity contribution in [2.24, 2.45) is 16.6 Å². The normalized spacial score (nSPS) is 24.8. The van der Waals surface area contributed by atoms with Gasteiger partial charge in [-0.1, -0.05) is 0 Å². The maximum absolute atomic E-state index is 13.0. The standard InChI is InChI=1S/C14H19F3N6/c1-8-11(7-23(22-8)6-9-3-4-9)14(18)20-5-10(13(15,16)17)12(19-2)21-14/h5,7,9,19,21H,3-4,6,18H2,1-2H3. The molecule has 1 saturated carbocycles. The first-order valence-corrected chi connectivity index (χ1v) is 7.39. The van der Waals surface area contributed by atoms with Crippen LogP contribution in [0, 0.1) is 12.8 Å². The van der Waals surface area contributed by atoms with Crippen molar-refractivity contribution in [2.45, 2.75) is 38.3 Å². The van der Waals surface area contributed by atoms with Crippen LogP contribution in [0.2, 0.25) is 0 Å². The van der Waals surface area contributed by atoms with Gasteiger partial charge in [0.15, 0.2) is 0 Å². The van der Waals surface area contributed by atoms with Crippen molar-refractivity contribution in [3.63, 3.8) is 0 Å². The second-order valence-corrected chi connectivity index (χ2v) is 5.98. The van der Waals surface area contributed by atoms with Crippen LogP contribution in [0.1, 0.15) is 24.1 Å². The topological polar surface area (TPSA) is 80.3 Å². The first-order valence-electron chi connectivity index (χ1n) is 7.39. The zero-order valence-electron chi connectivity index (χ0n) is 12.9. The van der Waals surface area contributed by atoms with Crippen LogP contribution in [-0.2, 0) is 12.3 Å². The lowest BCUT2D eigenvalue weighted by Gasteiger charge is -2.33. The summed E-state index contributed by atoms with van der Waals surface area (Å²) in [4.78, 5) is 3.92. The summed E-state index contributed by atoms with van der Waals surface area (Å²) in [6.07, 6.45) is 0.366. The predicted molar refractivity (Wildman–Crippen MR) is 79.3 cm³/mol. The molecular weight excluding hydrogens is 309 g/mol. The van der Waals surface area contributed by atoms with Crippen LogP contribution in [-0.4, -0.2) is 29.2 Å². The molecule has 0 bridgehead atoms. The van der Waals surface area contributed by atoms with Crippen molar-refractivity contribution in [2.75, 3.05) is 7.05 Å². The monoisotopic (exact) mass is 328 g/mol. The first-order chi connectivity index (χ1) is 10.7. The minimum Gasteiger partial charge on any atom is -0.374 e. The summed E-state index contributed by atoms with van der Waals surface area (Å²) in [6.45, 7) is 2.57. The van der Waals surface area contributed by atoms with Gasteiger partial charge in [0.2, 0.25) is 5.79 Å². The number of aryl methyl sites for hydroxylation is 1. The lowest BCUT2D eigenvalue weighted by molar-refractivity contribution is -0.0875. The molecule has 2 heterocycles. The minimum absolute atomic E-state index is 0.204. The highest BCUT2D eigenvalue weighted by Gasteiger charge is 2.42. The van der Waals surface area contributed by atoms with Crippen molar-refractivity contribution in [1.29, 1.82) is 0 Å². The molecule has 1 aromatic heterocycles. The molecule has 9 heteroatoms. The Kier molecular flexibility index (Phi) is 3.62. The van der Waals surface area contributed by atoms with Gasteiger partial charge < -0.3 is 10.6 Å². The number of aromatic nitrogens is 2. The molecule has 1 fully saturated rings. The lowest BCUT2D eigenvalue weighted by atomic mass is 10.1. The average Bonchev–Trinajstić information content (AvgIpc) is 3.18. The fourth-order valence-electron chi connectivity index (χ4n) is 2.62. The summed E-state index contributed by atoms with van der Waals surface area (Å²) in [5.41, 5.74) is 6.52. The van der Waals surface area contributed by atoms with E-state index in [-0.39, 0.29) is 5.82 Å². The Labute approximate surface area is 131 Å². The van der Waals surface area contributed by atoms with Crippen molar-refractivity contribution >= 4 is 6.21 Å². The Bertz CT molecular complexity index is 671. The molecule has 126 valence electrons. The number of hydrogen-bond acceptors (Lipinski definition) is 5. The second-order valence-electron chi connectivity index (χ2n) is 5.98. The zero-order valence-corrected chi connectivity index (χ0v) is 12.9. The molecule has 0 saturated heterocycles. The number of nitrogens with one attached hydrogen (secondary N) is 2. The van der Waals surface area contributed by atoms with E-state index >= 15 is 0 Å². The summed E-state index contributed by atoms with van der Waals surface area (Å²) in [7, 11) is 1.40. The molecule has 1 aliphatic heterocycles. The molecule has 1 unspecified atom stereocenters. The number of alkyl halides is 3. The molecule has 1 aliphatic carbocycles. The van der Waals surface area contributed by atoms with E-state index < -0.39 is 17.5 Å². The van der Waals surface area contributed by atoms with E-state index in [1.54, 1.807) is 17.8 Å². The van der Waals surface area contributed by atoms with Gasteiger partial charge in [0.25, 0.3) is 0 Å². The van der Waals surface area contributed by atoms with Crippen molar-refractivity contribution in [3.05, 3.63) is 28.8 Å². The van der Waals surface area contributed by atoms with Gasteiger partial charge in [0.1, 0.15) is 11.4 Å². The number of nitrogens with two attached hydrogens (primary N) is 1. The molecule has 2 aliphatic rings. The SMILES string of the molecule is CNC1=C(C(F)(F)F)C=NC(N)(c2cn(CC3CC3)nc2C)N1. The summed E-state index contributed by atoms with van der Waals surface area (Å²) >= 11 is 0. The van der Waals surface area contributed by atoms with Crippen LogP contribution in [0.4, 0.5) is 13.2 Å². The van der Waals surface area contributed by atoms with Crippen molar-refractivity contribution < 1.29 is 13.2 Å². The third-order valence-electron chi connectivity index (χ3n) is 4.04. The first kappa shape index (κ1) is 15.9. The number of aliphatic imine (C=N–C) groups is 1. The second kappa shape index (κ2) is 5.26. The van der Waals surface area contributed by atoms with Gasteiger partial charge in [-0.15, -0.1) is 0 Å². The largest absolute Gasteiger partial charge is 0.421 e. The van der Waals surface area contributed by atoms with E-state index in [1.165, 1.54) is 19.9 Å². The van der Waals surface area contributed by atoms with Gasteiger partial charge in [-0.2, -0.15) is 18.3 Å². The highest BCUT2D eigenvalue weighted by Crippen LogP contribution is 2.33. The maximum atomic E-state index is 13.0. The summed E-state index contributed by atoms with van der Waals surface area (Å²) < 4.78 is 40.7. The molecule has 0 amide bonds. The highest BCUT2D eigenvalue weighted by molar-refractivity contribution is 5.82. The van der Waals surface area contributed by atoms with Crippen LogP contribution >= 0.6 is 0 Å². The quantitative estimate of drug-likeness (QED) is 0.779. The highest BCUT2D eigenvalue weighted by atomic mass is 19.4. The molecular formula is C14H19F3N6. The number of rotatable bonds is 4. The van der Waals surface area contributed by atoms with Crippen LogP contribution < -0.4 is 16.4 Å². The van der Waals surface area contributed by atoms with Gasteiger partial charge in [-0.3, -0.25) is 10.4 Å². The summed E-state index contributed by atoms with van der Waals surface area (Å²) in [5.74, 6) is -1.05. The van der Waals surface area contributed by atoms with Crippen LogP contribution in [0.3, 0.4) is 0 Å². The maximum Gasteiger partial charge on any atom is 0.421 e. The average molecular weight is 328 g/mol. The Balaban J connectivity index is 1.90. The molecule has 6 nitrogen and oxygen atoms in total. The van der Waals surface area contributed by atoms with Crippen molar-refractivity contribution in [1.82, 2.24) is 20.4 Å². The third-order valence-corrected chi connectivity index (χ3v) is 4.04. The molecule has 0 spiro atoms. The van der Waals surface area contributed by atoms with E-state index in [9.17, 15) is 13.2 Å². The molecule has 1 aromatic rings. The van der Waals surface area contributed by atoms with Crippen LogP contribution in [0.5, 0.6) is 0 Å². The van der Waals surface area contributed by atoms with Gasteiger partial charge >= 0.3 is 6.18 Å². The predicted octanol–water partition coefficient (Wildman–Crippen LogP) is 1.34. The molecule has 3 rings (SSSR count). The molecule has 0 radical (unpaired) electrons. The van der Waals surface area contributed by atoms with Gasteiger partial charge in [0, 0.05) is 26.0 Å². The van der Waals surface area contributed by atoms with Gasteiger partial charge in [-0.05, 0) is 25.7 Å². The zero-order chi connectivity index (χ0) is 16.8. The Morgan fingerprint density at radius 2 is 2.17 bits per heavy atom. The summed E-state index contributed by atoms with van der Waals surface area (Å²) in [5, 5.41) is 9.55. The molecule has 1 atom stereocenters. The van der Waals surface area contributed by atoms with E-state index in [2.05, 4.69) is 20.7 Å². The smallest absolute Gasteiger partial charge is 0.374 e. The number of halogens is 3. The van der Waals surface area contributed by atoms with Gasteiger partial charge in [0.05, 0.1) is 11.3 Å². The Morgan fingerprint density at radius 3 is 2.74 bits per heavy atom. The number of allylic oxidation sites excluding steroid dienone is 1. The molecule has 4 N–H and O–H groups in total. The molecule has 0 aromatic carbocycles. The Hall–Kier alpha value is -2.03. The van der Waals surface area contributed by atoms with Crippen molar-refractivity contribution in [3.8, 4) is 0 Å². The van der Waals surface area contributed by atoms with Gasteiger partial charge in [-0.25, -0.2) is 4.99 Å². The van der Waals surface area contributed by atoms with Crippen LogP contribution in [0.15, 0.2) is 22.6 Å². The third kappa shape index (κ3) is 3.05. The van der Waals surface area contributed by atoms with E-state index in [1.807, 2.05) is 0 Å². The summed E-state index contributed by atoms with van der Waals surface area (Å²) in [6, 6.07) is 0. The van der Waals surface area contributed by atoms with E-state index in [0.717, 1.165) is 12.8 Å². The lowest BCUT2D eigenvalue weighted by Crippen LogP contribution is -2.54. The van der Waals surface area contributed by atoms with E-state index in [0.29, 0.717) is 17.2 Å². The Morgan fingerprint density at radius 1 is 1.48 bits per heavy atom. The molecule has 23 heavy (non-hydrogen) atoms. The van der Waals surface area contributed by atoms with Crippen LogP contribution in [0.25, 0.3) is 0 Å². The fraction of sp³-hybridized carbons (Fsp3) is 0.571.